The van der Waals surface area contributed by atoms with Gasteiger partial charge in [0, 0.05) is 6.04 Å². The van der Waals surface area contributed by atoms with Crippen LogP contribution < -0.4 is 11.1 Å². The Labute approximate surface area is 115 Å². The lowest BCUT2D eigenvalue weighted by molar-refractivity contribution is 0.0933. The second-order valence-corrected chi connectivity index (χ2v) is 4.96. The number of carbonyl (C=O) groups excluding carboxylic acids is 1. The molecule has 0 aliphatic rings. The van der Waals surface area contributed by atoms with Gasteiger partial charge in [0.1, 0.15) is 6.26 Å². The summed E-state index contributed by atoms with van der Waals surface area (Å²) in [5.74, 6) is 0.230. The third-order valence-corrected chi connectivity index (χ3v) is 3.13. The summed E-state index contributed by atoms with van der Waals surface area (Å²) in [6.45, 7) is 6.12. The average molecular weight is 267 g/mol. The molecule has 0 saturated carbocycles. The van der Waals surface area contributed by atoms with Crippen molar-refractivity contribution in [1.29, 1.82) is 0 Å². The molecule has 19 heavy (non-hydrogen) atoms. The summed E-state index contributed by atoms with van der Waals surface area (Å²) >= 11 is 0. The maximum atomic E-state index is 11.9. The summed E-state index contributed by atoms with van der Waals surface area (Å²) in [5.41, 5.74) is 6.11. The van der Waals surface area contributed by atoms with Crippen molar-refractivity contribution in [2.45, 2.75) is 65.0 Å². The number of nitrogens with zero attached hydrogens (tertiary/aromatic N) is 1. The van der Waals surface area contributed by atoms with Crippen LogP contribution in [0, 0.1) is 0 Å². The predicted molar refractivity (Wildman–Crippen MR) is 74.8 cm³/mol. The smallest absolute Gasteiger partial charge is 0.273 e. The van der Waals surface area contributed by atoms with E-state index in [1.54, 1.807) is 0 Å². The van der Waals surface area contributed by atoms with Gasteiger partial charge in [-0.05, 0) is 19.8 Å². The Hall–Kier alpha value is -1.36. The number of carbonyl (C=O) groups is 1. The summed E-state index contributed by atoms with van der Waals surface area (Å²) in [6.07, 6.45) is 6.59. The summed E-state index contributed by atoms with van der Waals surface area (Å²) in [7, 11) is 0. The number of hydrogen-bond acceptors (Lipinski definition) is 4. The lowest BCUT2D eigenvalue weighted by Crippen LogP contribution is -2.32. The van der Waals surface area contributed by atoms with E-state index in [1.165, 1.54) is 19.1 Å². The molecule has 1 amide bonds. The number of nitrogens with one attached hydrogen (secondary N) is 1. The second-order valence-electron chi connectivity index (χ2n) is 4.96. The van der Waals surface area contributed by atoms with Crippen molar-refractivity contribution >= 4 is 5.91 Å². The van der Waals surface area contributed by atoms with Gasteiger partial charge in [-0.15, -0.1) is 0 Å². The van der Waals surface area contributed by atoms with Crippen molar-refractivity contribution in [2.75, 3.05) is 0 Å². The van der Waals surface area contributed by atoms with Gasteiger partial charge in [0.05, 0.1) is 6.04 Å². The maximum absolute atomic E-state index is 11.9. The molecule has 0 aliphatic heterocycles. The molecule has 2 atom stereocenters. The van der Waals surface area contributed by atoms with Crippen molar-refractivity contribution < 1.29 is 9.21 Å². The summed E-state index contributed by atoms with van der Waals surface area (Å²) in [4.78, 5) is 16.1. The van der Waals surface area contributed by atoms with Crippen LogP contribution in [0.15, 0.2) is 10.7 Å². The first-order valence-corrected chi connectivity index (χ1v) is 7.10. The van der Waals surface area contributed by atoms with Gasteiger partial charge in [-0.3, -0.25) is 4.79 Å². The minimum absolute atomic E-state index is 0.152. The Morgan fingerprint density at radius 1 is 1.47 bits per heavy atom. The summed E-state index contributed by atoms with van der Waals surface area (Å²) in [5, 5.41) is 2.92. The van der Waals surface area contributed by atoms with E-state index in [2.05, 4.69) is 17.2 Å². The minimum atomic E-state index is -0.247. The van der Waals surface area contributed by atoms with Gasteiger partial charge in [0.25, 0.3) is 5.91 Å². The second kappa shape index (κ2) is 7.94. The third-order valence-electron chi connectivity index (χ3n) is 3.13. The van der Waals surface area contributed by atoms with Gasteiger partial charge in [0.2, 0.25) is 5.89 Å². The van der Waals surface area contributed by atoms with Crippen LogP contribution in [0.1, 0.15) is 75.3 Å². The fourth-order valence-corrected chi connectivity index (χ4v) is 1.81. The molecular weight excluding hydrogens is 242 g/mol. The number of unbranched alkanes of at least 4 members (excludes halogenated alkanes) is 2. The normalized spacial score (nSPS) is 14.1. The minimum Gasteiger partial charge on any atom is -0.446 e. The molecule has 1 aromatic heterocycles. The Morgan fingerprint density at radius 2 is 2.21 bits per heavy atom. The van der Waals surface area contributed by atoms with Crippen molar-refractivity contribution in [1.82, 2.24) is 10.3 Å². The average Bonchev–Trinajstić information content (AvgIpc) is 2.87. The highest BCUT2D eigenvalue weighted by Gasteiger charge is 2.17. The fraction of sp³-hybridized carbons (Fsp3) is 0.714. The molecule has 3 N–H and O–H groups in total. The molecule has 5 nitrogen and oxygen atoms in total. The van der Waals surface area contributed by atoms with E-state index in [-0.39, 0.29) is 18.0 Å². The van der Waals surface area contributed by atoms with Crippen molar-refractivity contribution in [2.24, 2.45) is 5.73 Å². The van der Waals surface area contributed by atoms with E-state index >= 15 is 0 Å². The van der Waals surface area contributed by atoms with Crippen molar-refractivity contribution in [3.05, 3.63) is 17.8 Å². The Bertz CT molecular complexity index is 390. The van der Waals surface area contributed by atoms with Crippen LogP contribution in [-0.2, 0) is 0 Å². The van der Waals surface area contributed by atoms with Gasteiger partial charge in [0.15, 0.2) is 5.69 Å². The van der Waals surface area contributed by atoms with Crippen LogP contribution in [0.4, 0.5) is 0 Å². The van der Waals surface area contributed by atoms with E-state index in [4.69, 9.17) is 10.2 Å². The third kappa shape index (κ3) is 5.03. The number of rotatable bonds is 8. The summed E-state index contributed by atoms with van der Waals surface area (Å²) in [6, 6.07) is -0.0948. The van der Waals surface area contributed by atoms with E-state index < -0.39 is 0 Å². The zero-order chi connectivity index (χ0) is 14.3. The molecule has 5 heteroatoms. The molecule has 0 radical (unpaired) electrons. The Kier molecular flexibility index (Phi) is 6.56. The lowest BCUT2D eigenvalue weighted by Gasteiger charge is -2.12. The van der Waals surface area contributed by atoms with Gasteiger partial charge in [-0.2, -0.15) is 0 Å². The molecule has 108 valence electrons. The van der Waals surface area contributed by atoms with Crippen LogP contribution in [0.5, 0.6) is 0 Å². The number of aromatic nitrogens is 1. The van der Waals surface area contributed by atoms with E-state index in [0.29, 0.717) is 11.6 Å². The quantitative estimate of drug-likeness (QED) is 0.710. The number of oxazole rings is 1. The van der Waals surface area contributed by atoms with Crippen molar-refractivity contribution in [3.63, 3.8) is 0 Å². The molecule has 0 aliphatic carbocycles. The number of nitrogens with two attached hydrogens (primary N) is 1. The van der Waals surface area contributed by atoms with Crippen LogP contribution >= 0.6 is 0 Å². The van der Waals surface area contributed by atoms with Gasteiger partial charge in [-0.1, -0.05) is 33.1 Å². The van der Waals surface area contributed by atoms with E-state index in [0.717, 1.165) is 19.3 Å². The first-order chi connectivity index (χ1) is 9.08. The molecule has 0 fully saturated rings. The van der Waals surface area contributed by atoms with Crippen LogP contribution in [-0.4, -0.2) is 16.9 Å². The van der Waals surface area contributed by atoms with Crippen LogP contribution in [0.2, 0.25) is 0 Å². The van der Waals surface area contributed by atoms with Crippen LogP contribution in [0.25, 0.3) is 0 Å². The zero-order valence-electron chi connectivity index (χ0n) is 12.1. The number of amides is 1. The molecular formula is C14H25N3O2. The Morgan fingerprint density at radius 3 is 2.84 bits per heavy atom. The first-order valence-electron chi connectivity index (χ1n) is 7.10. The predicted octanol–water partition coefficient (Wildman–Crippen LogP) is 2.78. The SMILES string of the molecule is CCCCCC(C)NC(=O)c1coc(C(N)CC)n1. The van der Waals surface area contributed by atoms with E-state index in [1.807, 2.05) is 13.8 Å². The molecule has 0 bridgehead atoms. The number of hydrogen-bond donors (Lipinski definition) is 2. The monoisotopic (exact) mass is 267 g/mol. The Balaban J connectivity index is 2.46. The molecule has 1 heterocycles. The molecule has 2 unspecified atom stereocenters. The summed E-state index contributed by atoms with van der Waals surface area (Å²) < 4.78 is 5.22. The molecule has 1 aromatic rings. The highest BCUT2D eigenvalue weighted by Crippen LogP contribution is 2.13. The lowest BCUT2D eigenvalue weighted by atomic mass is 10.1. The van der Waals surface area contributed by atoms with E-state index in [9.17, 15) is 4.79 Å². The van der Waals surface area contributed by atoms with Gasteiger partial charge < -0.3 is 15.5 Å². The van der Waals surface area contributed by atoms with Gasteiger partial charge in [-0.25, -0.2) is 4.98 Å². The molecule has 0 aromatic carbocycles. The van der Waals surface area contributed by atoms with Gasteiger partial charge >= 0.3 is 0 Å². The highest BCUT2D eigenvalue weighted by atomic mass is 16.3. The first kappa shape index (κ1) is 15.7. The molecule has 0 spiro atoms. The highest BCUT2D eigenvalue weighted by molar-refractivity contribution is 5.92. The standard InChI is InChI=1S/C14H25N3O2/c1-4-6-7-8-10(3)16-13(18)12-9-19-14(17-12)11(15)5-2/h9-11H,4-8,15H2,1-3H3,(H,16,18). The molecule has 0 saturated heterocycles. The van der Waals surface area contributed by atoms with Crippen LogP contribution in [0.3, 0.4) is 0 Å². The topological polar surface area (TPSA) is 81.2 Å². The molecule has 1 rings (SSSR count). The maximum Gasteiger partial charge on any atom is 0.273 e. The zero-order valence-corrected chi connectivity index (χ0v) is 12.1. The van der Waals surface area contributed by atoms with Crippen molar-refractivity contribution in [3.8, 4) is 0 Å². The largest absolute Gasteiger partial charge is 0.446 e. The fourth-order valence-electron chi connectivity index (χ4n) is 1.81.